The van der Waals surface area contributed by atoms with Gasteiger partial charge in [0.25, 0.3) is 5.91 Å². The van der Waals surface area contributed by atoms with Gasteiger partial charge in [-0.15, -0.1) is 0 Å². The number of nitrogens with one attached hydrogen (secondary N) is 1. The maximum Gasteiger partial charge on any atom is 0.254 e. The van der Waals surface area contributed by atoms with Crippen molar-refractivity contribution in [3.8, 4) is 0 Å². The third-order valence-corrected chi connectivity index (χ3v) is 4.00. The number of halogens is 3. The summed E-state index contributed by atoms with van der Waals surface area (Å²) >= 11 is 6.33. The molecular formula is C11H12Br2FNO. The van der Waals surface area contributed by atoms with Crippen LogP contribution in [0, 0.1) is 5.82 Å². The largest absolute Gasteiger partial charge is 0.346 e. The molecule has 0 aliphatic heterocycles. The van der Waals surface area contributed by atoms with Gasteiger partial charge in [-0.3, -0.25) is 4.79 Å². The van der Waals surface area contributed by atoms with Crippen molar-refractivity contribution in [3.05, 3.63) is 34.1 Å². The molecule has 5 heteroatoms. The van der Waals surface area contributed by atoms with E-state index in [0.717, 1.165) is 0 Å². The van der Waals surface area contributed by atoms with Gasteiger partial charge in [0.05, 0.1) is 10.0 Å². The Balaban J connectivity index is 2.94. The number of hydrogen-bond donors (Lipinski definition) is 1. The molecule has 0 aliphatic rings. The van der Waals surface area contributed by atoms with Gasteiger partial charge in [-0.1, -0.05) is 22.0 Å². The molecule has 2 nitrogen and oxygen atoms in total. The second-order valence-electron chi connectivity index (χ2n) is 4.07. The van der Waals surface area contributed by atoms with Crippen LogP contribution in [-0.2, 0) is 0 Å². The zero-order valence-electron chi connectivity index (χ0n) is 8.98. The monoisotopic (exact) mass is 351 g/mol. The van der Waals surface area contributed by atoms with E-state index in [0.29, 0.717) is 5.33 Å². The van der Waals surface area contributed by atoms with Gasteiger partial charge in [0.15, 0.2) is 0 Å². The number of rotatable bonds is 3. The van der Waals surface area contributed by atoms with Crippen LogP contribution in [0.5, 0.6) is 0 Å². The van der Waals surface area contributed by atoms with E-state index < -0.39 is 17.3 Å². The molecule has 0 unspecified atom stereocenters. The smallest absolute Gasteiger partial charge is 0.254 e. The normalized spacial score (nSPS) is 11.3. The molecule has 1 rings (SSSR count). The lowest BCUT2D eigenvalue weighted by Crippen LogP contribution is -2.45. The fraction of sp³-hybridized carbons (Fsp3) is 0.364. The van der Waals surface area contributed by atoms with Crippen molar-refractivity contribution in [1.29, 1.82) is 0 Å². The highest BCUT2D eigenvalue weighted by molar-refractivity contribution is 9.10. The number of carbonyl (C=O) groups is 1. The second kappa shape index (κ2) is 5.27. The molecule has 88 valence electrons. The van der Waals surface area contributed by atoms with Crippen LogP contribution in [0.4, 0.5) is 4.39 Å². The van der Waals surface area contributed by atoms with Crippen molar-refractivity contribution < 1.29 is 9.18 Å². The second-order valence-corrected chi connectivity index (χ2v) is 5.49. The quantitative estimate of drug-likeness (QED) is 0.829. The van der Waals surface area contributed by atoms with E-state index in [2.05, 4.69) is 37.2 Å². The fourth-order valence-electron chi connectivity index (χ4n) is 1.09. The zero-order valence-corrected chi connectivity index (χ0v) is 12.2. The topological polar surface area (TPSA) is 29.1 Å². The van der Waals surface area contributed by atoms with E-state index in [1.54, 1.807) is 12.1 Å². The molecule has 0 saturated heterocycles. The number of benzene rings is 1. The van der Waals surface area contributed by atoms with Crippen molar-refractivity contribution in [2.75, 3.05) is 5.33 Å². The summed E-state index contributed by atoms with van der Waals surface area (Å²) in [5.74, 6) is -0.950. The highest BCUT2D eigenvalue weighted by Crippen LogP contribution is 2.19. The summed E-state index contributed by atoms with van der Waals surface area (Å²) in [6.07, 6.45) is 0. The lowest BCUT2D eigenvalue weighted by molar-refractivity contribution is 0.0917. The van der Waals surface area contributed by atoms with Gasteiger partial charge in [0.2, 0.25) is 0 Å². The molecule has 1 amide bonds. The number of amides is 1. The Hall–Kier alpha value is -0.420. The Morgan fingerprint density at radius 3 is 2.69 bits per heavy atom. The van der Waals surface area contributed by atoms with Crippen LogP contribution in [0.25, 0.3) is 0 Å². The minimum atomic E-state index is -0.537. The van der Waals surface area contributed by atoms with Crippen molar-refractivity contribution in [2.24, 2.45) is 0 Å². The summed E-state index contributed by atoms with van der Waals surface area (Å²) in [7, 11) is 0. The molecule has 0 spiro atoms. The van der Waals surface area contributed by atoms with E-state index in [1.807, 2.05) is 13.8 Å². The molecule has 0 aromatic heterocycles. The first-order chi connectivity index (χ1) is 7.37. The average Bonchev–Trinajstić information content (AvgIpc) is 2.21. The first-order valence-corrected chi connectivity index (χ1v) is 6.61. The highest BCUT2D eigenvalue weighted by atomic mass is 79.9. The van der Waals surface area contributed by atoms with Gasteiger partial charge in [0.1, 0.15) is 5.82 Å². The van der Waals surface area contributed by atoms with Crippen LogP contribution in [-0.4, -0.2) is 16.8 Å². The van der Waals surface area contributed by atoms with E-state index in [1.165, 1.54) is 6.07 Å². The maximum atomic E-state index is 13.6. The summed E-state index contributed by atoms with van der Waals surface area (Å²) in [5.41, 5.74) is -0.366. The predicted molar refractivity (Wildman–Crippen MR) is 69.4 cm³/mol. The van der Waals surface area contributed by atoms with Crippen LogP contribution >= 0.6 is 31.9 Å². The summed E-state index contributed by atoms with van der Waals surface area (Å²) < 4.78 is 13.9. The Morgan fingerprint density at radius 1 is 1.50 bits per heavy atom. The molecule has 0 saturated carbocycles. The van der Waals surface area contributed by atoms with Gasteiger partial charge in [0, 0.05) is 10.9 Å². The van der Waals surface area contributed by atoms with Crippen molar-refractivity contribution in [1.82, 2.24) is 5.32 Å². The zero-order chi connectivity index (χ0) is 12.3. The Kier molecular flexibility index (Phi) is 4.50. The summed E-state index contributed by atoms with van der Waals surface area (Å²) in [5, 5.41) is 3.34. The predicted octanol–water partition coefficient (Wildman–Crippen LogP) is 3.49. The molecule has 1 aromatic carbocycles. The van der Waals surface area contributed by atoms with Crippen LogP contribution < -0.4 is 5.32 Å². The van der Waals surface area contributed by atoms with E-state index in [4.69, 9.17) is 0 Å². The van der Waals surface area contributed by atoms with Gasteiger partial charge in [-0.25, -0.2) is 4.39 Å². The van der Waals surface area contributed by atoms with Gasteiger partial charge in [-0.2, -0.15) is 0 Å². The minimum Gasteiger partial charge on any atom is -0.346 e. The highest BCUT2D eigenvalue weighted by Gasteiger charge is 2.22. The lowest BCUT2D eigenvalue weighted by atomic mass is 10.1. The van der Waals surface area contributed by atoms with Gasteiger partial charge in [-0.05, 0) is 41.9 Å². The average molecular weight is 353 g/mol. The van der Waals surface area contributed by atoms with Crippen LogP contribution in [0.3, 0.4) is 0 Å². The first-order valence-electron chi connectivity index (χ1n) is 4.70. The standard InChI is InChI=1S/C11H12Br2FNO/c1-11(2,6-12)15-10(16)7-4-3-5-8(13)9(7)14/h3-5H,6H2,1-2H3,(H,15,16). The molecule has 1 N–H and O–H groups in total. The number of carbonyl (C=O) groups excluding carboxylic acids is 1. The molecular weight excluding hydrogens is 341 g/mol. The minimum absolute atomic E-state index is 0.0448. The summed E-state index contributed by atoms with van der Waals surface area (Å²) in [4.78, 5) is 11.8. The van der Waals surface area contributed by atoms with Crippen molar-refractivity contribution in [3.63, 3.8) is 0 Å². The van der Waals surface area contributed by atoms with E-state index in [-0.39, 0.29) is 10.0 Å². The third-order valence-electron chi connectivity index (χ3n) is 1.98. The maximum absolute atomic E-state index is 13.6. The third kappa shape index (κ3) is 3.28. The summed E-state index contributed by atoms with van der Waals surface area (Å²) in [6.45, 7) is 3.71. The van der Waals surface area contributed by atoms with Gasteiger partial charge < -0.3 is 5.32 Å². The molecule has 0 atom stereocenters. The van der Waals surface area contributed by atoms with E-state index in [9.17, 15) is 9.18 Å². The molecule has 0 radical (unpaired) electrons. The SMILES string of the molecule is CC(C)(CBr)NC(=O)c1cccc(Br)c1F. The Labute approximate surface area is 111 Å². The molecule has 0 fully saturated rings. The van der Waals surface area contributed by atoms with Crippen LogP contribution in [0.15, 0.2) is 22.7 Å². The number of alkyl halides is 1. The molecule has 0 heterocycles. The first kappa shape index (κ1) is 13.6. The lowest BCUT2D eigenvalue weighted by Gasteiger charge is -2.23. The molecule has 1 aromatic rings. The van der Waals surface area contributed by atoms with Crippen molar-refractivity contribution >= 4 is 37.8 Å². The van der Waals surface area contributed by atoms with Crippen LogP contribution in [0.2, 0.25) is 0 Å². The Morgan fingerprint density at radius 2 is 2.12 bits per heavy atom. The molecule has 0 aliphatic carbocycles. The molecule has 0 bridgehead atoms. The Bertz CT molecular complexity index is 407. The fourth-order valence-corrected chi connectivity index (χ4v) is 1.59. The van der Waals surface area contributed by atoms with Gasteiger partial charge >= 0.3 is 0 Å². The summed E-state index contributed by atoms with van der Waals surface area (Å²) in [6, 6.07) is 4.64. The van der Waals surface area contributed by atoms with Crippen LogP contribution in [0.1, 0.15) is 24.2 Å². The van der Waals surface area contributed by atoms with E-state index >= 15 is 0 Å². The molecule has 16 heavy (non-hydrogen) atoms. The van der Waals surface area contributed by atoms with Crippen molar-refractivity contribution in [2.45, 2.75) is 19.4 Å². The number of hydrogen-bond acceptors (Lipinski definition) is 1.